The van der Waals surface area contributed by atoms with Crippen molar-refractivity contribution in [2.45, 2.75) is 32.3 Å². The average Bonchev–Trinajstić information content (AvgIpc) is 3.11. The summed E-state index contributed by atoms with van der Waals surface area (Å²) in [4.78, 5) is 18.4. The number of ether oxygens (including phenoxy) is 1. The van der Waals surface area contributed by atoms with Gasteiger partial charge in [0.25, 0.3) is 0 Å². The van der Waals surface area contributed by atoms with Crippen LogP contribution in [0.4, 0.5) is 4.79 Å². The first-order chi connectivity index (χ1) is 12.5. The van der Waals surface area contributed by atoms with Crippen LogP contribution in [0.25, 0.3) is 0 Å². The molecular formula is C18H24N4O4. The fourth-order valence-corrected chi connectivity index (χ4v) is 2.75. The Kier molecular flexibility index (Phi) is 5.72. The van der Waals surface area contributed by atoms with Gasteiger partial charge in [-0.3, -0.25) is 0 Å². The molecule has 2 aromatic rings. The van der Waals surface area contributed by atoms with Crippen LogP contribution >= 0.6 is 0 Å². The summed E-state index contributed by atoms with van der Waals surface area (Å²) >= 11 is 0. The van der Waals surface area contributed by atoms with Gasteiger partial charge in [-0.15, -0.1) is 0 Å². The number of phenols is 1. The number of nitrogens with zero attached hydrogens (tertiary/aromatic N) is 3. The number of urea groups is 1. The fourth-order valence-electron chi connectivity index (χ4n) is 2.75. The minimum atomic E-state index is -0.244. The molecule has 2 amide bonds. The van der Waals surface area contributed by atoms with Crippen molar-refractivity contribution in [3.63, 3.8) is 0 Å². The maximum atomic E-state index is 12.4. The molecule has 3 rings (SSSR count). The van der Waals surface area contributed by atoms with Gasteiger partial charge in [-0.05, 0) is 17.7 Å². The molecule has 0 unspecified atom stereocenters. The molecule has 1 aromatic heterocycles. The third-order valence-corrected chi connectivity index (χ3v) is 4.21. The topological polar surface area (TPSA) is 101 Å². The van der Waals surface area contributed by atoms with E-state index in [1.165, 1.54) is 0 Å². The molecule has 2 N–H and O–H groups in total. The van der Waals surface area contributed by atoms with E-state index in [9.17, 15) is 9.90 Å². The zero-order valence-corrected chi connectivity index (χ0v) is 15.0. The highest BCUT2D eigenvalue weighted by atomic mass is 16.5. The summed E-state index contributed by atoms with van der Waals surface area (Å²) in [6.07, 6.45) is 0.248. The first-order valence-electron chi connectivity index (χ1n) is 8.78. The van der Waals surface area contributed by atoms with Gasteiger partial charge in [0.2, 0.25) is 5.89 Å². The number of aromatic nitrogens is 2. The minimum Gasteiger partial charge on any atom is -0.508 e. The van der Waals surface area contributed by atoms with E-state index in [0.29, 0.717) is 44.4 Å². The quantitative estimate of drug-likeness (QED) is 0.848. The zero-order valence-electron chi connectivity index (χ0n) is 15.0. The molecule has 1 aliphatic heterocycles. The van der Waals surface area contributed by atoms with E-state index >= 15 is 0 Å². The molecule has 1 aliphatic rings. The van der Waals surface area contributed by atoms with Crippen molar-refractivity contribution in [3.05, 3.63) is 41.5 Å². The lowest BCUT2D eigenvalue weighted by atomic mass is 10.1. The summed E-state index contributed by atoms with van der Waals surface area (Å²) in [5, 5.41) is 16.4. The standard InChI is InChI=1S/C18H24N4O4/c1-12(2)17-20-16(26-21-17)6-7-19-18(24)22-8-9-25-15(11-22)13-4-3-5-14(23)10-13/h3-5,10,12,15,23H,6-9,11H2,1-2H3,(H,19,24)/t15-/m0/s1. The van der Waals surface area contributed by atoms with Crippen molar-refractivity contribution in [1.82, 2.24) is 20.4 Å². The smallest absolute Gasteiger partial charge is 0.317 e. The van der Waals surface area contributed by atoms with E-state index in [0.717, 1.165) is 5.56 Å². The van der Waals surface area contributed by atoms with Crippen molar-refractivity contribution < 1.29 is 19.2 Å². The van der Waals surface area contributed by atoms with Crippen molar-refractivity contribution in [2.75, 3.05) is 26.2 Å². The van der Waals surface area contributed by atoms with Crippen LogP contribution in [0.3, 0.4) is 0 Å². The van der Waals surface area contributed by atoms with Crippen LogP contribution in [0.2, 0.25) is 0 Å². The minimum absolute atomic E-state index is 0.151. The van der Waals surface area contributed by atoms with Crippen LogP contribution in [0, 0.1) is 0 Å². The second-order valence-corrected chi connectivity index (χ2v) is 6.58. The summed E-state index contributed by atoms with van der Waals surface area (Å²) in [5.41, 5.74) is 0.856. The van der Waals surface area contributed by atoms with Gasteiger partial charge in [0.1, 0.15) is 11.9 Å². The van der Waals surface area contributed by atoms with Crippen LogP contribution < -0.4 is 5.32 Å². The number of nitrogens with one attached hydrogen (secondary N) is 1. The number of carbonyl (C=O) groups is 1. The Labute approximate surface area is 152 Å². The van der Waals surface area contributed by atoms with Crippen molar-refractivity contribution >= 4 is 6.03 Å². The number of carbonyl (C=O) groups excluding carboxylic acids is 1. The average molecular weight is 360 g/mol. The Morgan fingerprint density at radius 1 is 1.46 bits per heavy atom. The lowest BCUT2D eigenvalue weighted by molar-refractivity contribution is -0.0154. The molecule has 1 fully saturated rings. The van der Waals surface area contributed by atoms with Gasteiger partial charge < -0.3 is 24.6 Å². The SMILES string of the molecule is CC(C)c1noc(CCNC(=O)N2CCO[C@H](c3cccc(O)c3)C2)n1. The number of rotatable bonds is 5. The van der Waals surface area contributed by atoms with Crippen LogP contribution in [0.1, 0.15) is 43.1 Å². The number of hydrogen-bond acceptors (Lipinski definition) is 6. The summed E-state index contributed by atoms with van der Waals surface area (Å²) in [7, 11) is 0. The van der Waals surface area contributed by atoms with E-state index in [1.54, 1.807) is 23.1 Å². The van der Waals surface area contributed by atoms with Gasteiger partial charge in [0, 0.05) is 25.4 Å². The molecule has 26 heavy (non-hydrogen) atoms. The van der Waals surface area contributed by atoms with Gasteiger partial charge >= 0.3 is 6.03 Å². The lowest BCUT2D eigenvalue weighted by Gasteiger charge is -2.33. The van der Waals surface area contributed by atoms with Gasteiger partial charge in [-0.2, -0.15) is 4.98 Å². The molecule has 0 saturated carbocycles. The van der Waals surface area contributed by atoms with Crippen LogP contribution in [0.15, 0.2) is 28.8 Å². The molecular weight excluding hydrogens is 336 g/mol. The normalized spacial score (nSPS) is 17.5. The van der Waals surface area contributed by atoms with Crippen molar-refractivity contribution in [2.24, 2.45) is 0 Å². The Balaban J connectivity index is 1.49. The third kappa shape index (κ3) is 4.51. The first kappa shape index (κ1) is 18.2. The Morgan fingerprint density at radius 2 is 2.31 bits per heavy atom. The summed E-state index contributed by atoms with van der Waals surface area (Å²) < 4.78 is 10.9. The monoisotopic (exact) mass is 360 g/mol. The second kappa shape index (κ2) is 8.18. The molecule has 1 atom stereocenters. The maximum absolute atomic E-state index is 12.4. The summed E-state index contributed by atoms with van der Waals surface area (Å²) in [6, 6.07) is 6.77. The van der Waals surface area contributed by atoms with Crippen LogP contribution in [-0.4, -0.2) is 52.4 Å². The van der Waals surface area contributed by atoms with E-state index in [4.69, 9.17) is 9.26 Å². The number of phenolic OH excluding ortho intramolecular Hbond substituents is 1. The van der Waals surface area contributed by atoms with E-state index in [-0.39, 0.29) is 23.8 Å². The Hall–Kier alpha value is -2.61. The molecule has 1 aromatic carbocycles. The zero-order chi connectivity index (χ0) is 18.5. The second-order valence-electron chi connectivity index (χ2n) is 6.58. The van der Waals surface area contributed by atoms with Crippen molar-refractivity contribution in [3.8, 4) is 5.75 Å². The number of benzene rings is 1. The molecule has 0 bridgehead atoms. The maximum Gasteiger partial charge on any atom is 0.317 e. The van der Waals surface area contributed by atoms with E-state index in [1.807, 2.05) is 19.9 Å². The Morgan fingerprint density at radius 3 is 3.04 bits per heavy atom. The highest BCUT2D eigenvalue weighted by Crippen LogP contribution is 2.24. The molecule has 8 heteroatoms. The van der Waals surface area contributed by atoms with Crippen molar-refractivity contribution in [1.29, 1.82) is 0 Å². The number of morpholine rings is 1. The molecule has 140 valence electrons. The molecule has 8 nitrogen and oxygen atoms in total. The molecule has 2 heterocycles. The van der Waals surface area contributed by atoms with Gasteiger partial charge in [0.05, 0.1) is 13.2 Å². The number of aromatic hydroxyl groups is 1. The lowest BCUT2D eigenvalue weighted by Crippen LogP contribution is -2.47. The van der Waals surface area contributed by atoms with Crippen LogP contribution in [0.5, 0.6) is 5.75 Å². The van der Waals surface area contributed by atoms with Gasteiger partial charge in [-0.1, -0.05) is 31.1 Å². The fraction of sp³-hybridized carbons (Fsp3) is 0.500. The van der Waals surface area contributed by atoms with E-state index in [2.05, 4.69) is 15.5 Å². The molecule has 1 saturated heterocycles. The van der Waals surface area contributed by atoms with E-state index < -0.39 is 0 Å². The predicted molar refractivity (Wildman–Crippen MR) is 93.9 cm³/mol. The first-order valence-corrected chi connectivity index (χ1v) is 8.78. The number of amides is 2. The summed E-state index contributed by atoms with van der Waals surface area (Å²) in [5.74, 6) is 1.60. The Bertz CT molecular complexity index is 746. The molecule has 0 spiro atoms. The molecule has 0 aliphatic carbocycles. The highest BCUT2D eigenvalue weighted by molar-refractivity contribution is 5.74. The molecule has 0 radical (unpaired) electrons. The van der Waals surface area contributed by atoms with Gasteiger partial charge in [-0.25, -0.2) is 4.79 Å². The number of hydrogen-bond donors (Lipinski definition) is 2. The predicted octanol–water partition coefficient (Wildman–Crippen LogP) is 2.22. The highest BCUT2D eigenvalue weighted by Gasteiger charge is 2.25. The van der Waals surface area contributed by atoms with Gasteiger partial charge in [0.15, 0.2) is 5.82 Å². The summed E-state index contributed by atoms with van der Waals surface area (Å²) in [6.45, 7) is 5.84. The largest absolute Gasteiger partial charge is 0.508 e. The third-order valence-electron chi connectivity index (χ3n) is 4.21. The van der Waals surface area contributed by atoms with Crippen LogP contribution in [-0.2, 0) is 11.2 Å².